The van der Waals surface area contributed by atoms with E-state index >= 15 is 0 Å². The van der Waals surface area contributed by atoms with Crippen LogP contribution in [0, 0.1) is 0 Å². The van der Waals surface area contributed by atoms with Gasteiger partial charge in [-0.15, -0.1) is 11.3 Å². The van der Waals surface area contributed by atoms with Gasteiger partial charge in [0.2, 0.25) is 5.75 Å². The first-order chi connectivity index (χ1) is 21.9. The van der Waals surface area contributed by atoms with Crippen LogP contribution in [-0.2, 0) is 14.3 Å². The lowest BCUT2D eigenvalue weighted by atomic mass is 10.0. The average Bonchev–Trinajstić information content (AvgIpc) is 3.49. The van der Waals surface area contributed by atoms with Crippen LogP contribution in [0.5, 0.6) is 17.2 Å². The van der Waals surface area contributed by atoms with Crippen LogP contribution < -0.4 is 19.5 Å². The fourth-order valence-corrected chi connectivity index (χ4v) is 5.75. The molecule has 0 bridgehead atoms. The van der Waals surface area contributed by atoms with Gasteiger partial charge in [0.25, 0.3) is 5.91 Å². The van der Waals surface area contributed by atoms with E-state index in [1.165, 1.54) is 32.7 Å². The molecule has 2 aromatic heterocycles. The zero-order valence-electron chi connectivity index (χ0n) is 25.0. The lowest BCUT2D eigenvalue weighted by Crippen LogP contribution is -2.22. The fraction of sp³-hybridized carbons (Fsp3) is 0.176. The molecule has 5 rings (SSSR count). The van der Waals surface area contributed by atoms with Crippen LogP contribution in [-0.4, -0.2) is 57.4 Å². The maximum Gasteiger partial charge on any atom is 0.341 e. The SMILES string of the molecule is CCOC(=O)c1c(-c2ccccc2)csc1NC(=O)COC(=O)c1cc(-c2cc(OC)c(OC)c(OC)c2)nc2ccccc12. The number of thiophene rings is 1. The van der Waals surface area contributed by atoms with Gasteiger partial charge in [0.1, 0.15) is 10.6 Å². The van der Waals surface area contributed by atoms with Gasteiger partial charge in [-0.3, -0.25) is 4.79 Å². The van der Waals surface area contributed by atoms with E-state index in [9.17, 15) is 14.4 Å². The van der Waals surface area contributed by atoms with Gasteiger partial charge in [0.15, 0.2) is 18.1 Å². The number of fused-ring (bicyclic) bond motifs is 1. The molecule has 0 aliphatic carbocycles. The van der Waals surface area contributed by atoms with Crippen molar-refractivity contribution in [3.8, 4) is 39.6 Å². The highest BCUT2D eigenvalue weighted by molar-refractivity contribution is 7.15. The third-order valence-corrected chi connectivity index (χ3v) is 7.73. The number of para-hydroxylation sites is 1. The summed E-state index contributed by atoms with van der Waals surface area (Å²) in [5.41, 5.74) is 3.50. The van der Waals surface area contributed by atoms with Crippen molar-refractivity contribution in [1.29, 1.82) is 0 Å². The van der Waals surface area contributed by atoms with Gasteiger partial charge in [-0.1, -0.05) is 48.5 Å². The zero-order chi connectivity index (χ0) is 31.9. The molecule has 0 aliphatic heterocycles. The van der Waals surface area contributed by atoms with Crippen molar-refractivity contribution in [3.63, 3.8) is 0 Å². The van der Waals surface area contributed by atoms with E-state index in [1.54, 1.807) is 48.7 Å². The molecule has 2 heterocycles. The second-order valence-electron chi connectivity index (χ2n) is 9.55. The molecule has 0 aliphatic rings. The zero-order valence-corrected chi connectivity index (χ0v) is 25.9. The largest absolute Gasteiger partial charge is 0.493 e. The summed E-state index contributed by atoms with van der Waals surface area (Å²) in [4.78, 5) is 44.0. The topological polar surface area (TPSA) is 122 Å². The summed E-state index contributed by atoms with van der Waals surface area (Å²) in [5, 5.41) is 5.33. The van der Waals surface area contributed by atoms with Crippen LogP contribution in [0.15, 0.2) is 78.2 Å². The Morgan fingerprint density at radius 3 is 2.16 bits per heavy atom. The van der Waals surface area contributed by atoms with Crippen LogP contribution in [0.1, 0.15) is 27.6 Å². The number of nitrogens with zero attached hydrogens (tertiary/aromatic N) is 1. The summed E-state index contributed by atoms with van der Waals surface area (Å²) in [5.74, 6) is -0.629. The Morgan fingerprint density at radius 2 is 1.49 bits per heavy atom. The molecule has 0 spiro atoms. The number of ether oxygens (including phenoxy) is 5. The van der Waals surface area contributed by atoms with Crippen LogP contribution in [0.25, 0.3) is 33.3 Å². The average molecular weight is 627 g/mol. The predicted octanol–water partition coefficient (Wildman–Crippen LogP) is 6.63. The molecule has 0 saturated heterocycles. The molecule has 0 fully saturated rings. The van der Waals surface area contributed by atoms with Crippen LogP contribution in [0.3, 0.4) is 0 Å². The number of carbonyl (C=O) groups excluding carboxylic acids is 3. The van der Waals surface area contributed by atoms with Crippen molar-refractivity contribution < 1.29 is 38.1 Å². The van der Waals surface area contributed by atoms with E-state index in [2.05, 4.69) is 5.32 Å². The lowest BCUT2D eigenvalue weighted by Gasteiger charge is -2.15. The van der Waals surface area contributed by atoms with Gasteiger partial charge in [0.05, 0.1) is 44.7 Å². The first kappa shape index (κ1) is 31.0. The fourth-order valence-electron chi connectivity index (χ4n) is 4.78. The third-order valence-electron chi connectivity index (χ3n) is 6.84. The molecule has 5 aromatic rings. The normalized spacial score (nSPS) is 10.7. The van der Waals surface area contributed by atoms with E-state index in [0.717, 1.165) is 5.56 Å². The molecule has 10 nitrogen and oxygen atoms in total. The molecule has 11 heteroatoms. The number of esters is 2. The summed E-state index contributed by atoms with van der Waals surface area (Å²) in [6, 6.07) is 21.5. The minimum absolute atomic E-state index is 0.172. The van der Waals surface area contributed by atoms with Gasteiger partial charge >= 0.3 is 11.9 Å². The molecular weight excluding hydrogens is 596 g/mol. The molecular formula is C34H30N2O8S. The Bertz CT molecular complexity index is 1840. The van der Waals surface area contributed by atoms with E-state index in [4.69, 9.17) is 28.7 Å². The number of amides is 1. The number of hydrogen-bond acceptors (Lipinski definition) is 10. The van der Waals surface area contributed by atoms with Crippen molar-refractivity contribution in [2.24, 2.45) is 0 Å². The maximum absolute atomic E-state index is 13.4. The number of aromatic nitrogens is 1. The summed E-state index contributed by atoms with van der Waals surface area (Å²) < 4.78 is 27.1. The first-order valence-electron chi connectivity index (χ1n) is 13.9. The van der Waals surface area contributed by atoms with E-state index < -0.39 is 24.5 Å². The van der Waals surface area contributed by atoms with Crippen molar-refractivity contribution in [2.45, 2.75) is 6.92 Å². The van der Waals surface area contributed by atoms with Gasteiger partial charge < -0.3 is 29.0 Å². The predicted molar refractivity (Wildman–Crippen MR) is 171 cm³/mol. The highest BCUT2D eigenvalue weighted by Gasteiger charge is 2.24. The number of anilines is 1. The molecule has 3 aromatic carbocycles. The van der Waals surface area contributed by atoms with E-state index in [1.807, 2.05) is 36.4 Å². The summed E-state index contributed by atoms with van der Waals surface area (Å²) in [6.45, 7) is 1.29. The van der Waals surface area contributed by atoms with Gasteiger partial charge in [-0.25, -0.2) is 14.6 Å². The number of hydrogen-bond donors (Lipinski definition) is 1. The second-order valence-corrected chi connectivity index (χ2v) is 10.4. The summed E-state index contributed by atoms with van der Waals surface area (Å²) in [7, 11) is 4.53. The number of methoxy groups -OCH3 is 3. The molecule has 0 saturated carbocycles. The van der Waals surface area contributed by atoms with E-state index in [-0.39, 0.29) is 17.7 Å². The molecule has 1 amide bonds. The Labute approximate surface area is 263 Å². The molecule has 0 radical (unpaired) electrons. The van der Waals surface area contributed by atoms with Gasteiger partial charge in [-0.2, -0.15) is 0 Å². The number of rotatable bonds is 11. The van der Waals surface area contributed by atoms with Crippen LogP contribution in [0.2, 0.25) is 0 Å². The Balaban J connectivity index is 1.40. The van der Waals surface area contributed by atoms with Crippen molar-refractivity contribution >= 4 is 45.1 Å². The molecule has 0 unspecified atom stereocenters. The smallest absolute Gasteiger partial charge is 0.341 e. The number of benzene rings is 3. The quantitative estimate of drug-likeness (QED) is 0.161. The standard InChI is InChI=1S/C34H30N2O8S/c1-5-43-34(39)30-24(20-11-7-6-8-12-20)19-45-32(30)36-29(37)18-44-33(38)23-17-26(35-25-14-10-9-13-22(23)25)21-15-27(40-2)31(42-4)28(16-21)41-3/h6-17,19H,5,18H2,1-4H3,(H,36,37). The number of nitrogens with one attached hydrogen (secondary N) is 1. The third kappa shape index (κ3) is 6.58. The molecule has 1 N–H and O–H groups in total. The van der Waals surface area contributed by atoms with Crippen LogP contribution >= 0.6 is 11.3 Å². The van der Waals surface area contributed by atoms with Crippen molar-refractivity contribution in [1.82, 2.24) is 4.98 Å². The number of pyridine rings is 1. The van der Waals surface area contributed by atoms with Crippen molar-refractivity contribution in [2.75, 3.05) is 39.9 Å². The minimum Gasteiger partial charge on any atom is -0.493 e. The maximum atomic E-state index is 13.4. The highest BCUT2D eigenvalue weighted by Crippen LogP contribution is 2.41. The van der Waals surface area contributed by atoms with Crippen LogP contribution in [0.4, 0.5) is 5.00 Å². The van der Waals surface area contributed by atoms with Gasteiger partial charge in [-0.05, 0) is 36.8 Å². The number of carbonyl (C=O) groups is 3. The highest BCUT2D eigenvalue weighted by atomic mass is 32.1. The van der Waals surface area contributed by atoms with Crippen molar-refractivity contribution in [3.05, 3.63) is 89.3 Å². The lowest BCUT2D eigenvalue weighted by molar-refractivity contribution is -0.119. The van der Waals surface area contributed by atoms with Gasteiger partial charge in [0, 0.05) is 21.9 Å². The minimum atomic E-state index is -0.723. The summed E-state index contributed by atoms with van der Waals surface area (Å²) >= 11 is 1.18. The van der Waals surface area contributed by atoms with E-state index in [0.29, 0.717) is 50.0 Å². The first-order valence-corrected chi connectivity index (χ1v) is 14.8. The molecule has 230 valence electrons. The Kier molecular flexibility index (Phi) is 9.59. The monoisotopic (exact) mass is 626 g/mol. The Hall–Kier alpha value is -5.42. The second kappa shape index (κ2) is 13.9. The Morgan fingerprint density at radius 1 is 0.800 bits per heavy atom. The molecule has 0 atom stereocenters. The molecule has 45 heavy (non-hydrogen) atoms. The summed E-state index contributed by atoms with van der Waals surface area (Å²) in [6.07, 6.45) is 0.